The third kappa shape index (κ3) is 0.917. The predicted molar refractivity (Wildman–Crippen MR) is 46.9 cm³/mol. The summed E-state index contributed by atoms with van der Waals surface area (Å²) in [4.78, 5) is 2.33. The van der Waals surface area contributed by atoms with Gasteiger partial charge in [-0.25, -0.2) is 0 Å². The molecule has 2 aliphatic rings. The predicted octanol–water partition coefficient (Wildman–Crippen LogP) is 2.44. The van der Waals surface area contributed by atoms with Crippen molar-refractivity contribution in [1.29, 1.82) is 0 Å². The topological polar surface area (TPSA) is 3.24 Å². The lowest BCUT2D eigenvalue weighted by molar-refractivity contribution is 0.494. The lowest BCUT2D eigenvalue weighted by Crippen LogP contribution is -2.19. The third-order valence-corrected chi connectivity index (χ3v) is 2.47. The van der Waals surface area contributed by atoms with Crippen LogP contribution in [-0.2, 0) is 0 Å². The maximum Gasteiger partial charge on any atom is 0.0364 e. The summed E-state index contributed by atoms with van der Waals surface area (Å²) >= 11 is 0. The highest BCUT2D eigenvalue weighted by atomic mass is 15.2. The Morgan fingerprint density at radius 2 is 2.27 bits per heavy atom. The summed E-state index contributed by atoms with van der Waals surface area (Å²) < 4.78 is 0. The summed E-state index contributed by atoms with van der Waals surface area (Å²) in [7, 11) is 0. The third-order valence-electron chi connectivity index (χ3n) is 2.47. The van der Waals surface area contributed by atoms with Crippen LogP contribution in [0.25, 0.3) is 0 Å². The van der Waals surface area contributed by atoms with Gasteiger partial charge in [-0.2, -0.15) is 0 Å². The lowest BCUT2D eigenvalue weighted by atomic mass is 10.1. The van der Waals surface area contributed by atoms with Gasteiger partial charge in [0.2, 0.25) is 0 Å². The fourth-order valence-corrected chi connectivity index (χ4v) is 1.71. The van der Waals surface area contributed by atoms with Crippen LogP contribution in [0.5, 0.6) is 0 Å². The number of hydrogen-bond donors (Lipinski definition) is 0. The molecular formula is C10H13N. The number of allylic oxidation sites excluding steroid dienone is 4. The zero-order valence-electron chi connectivity index (χ0n) is 6.93. The van der Waals surface area contributed by atoms with E-state index in [1.54, 1.807) is 0 Å². The lowest BCUT2D eigenvalue weighted by Gasteiger charge is -2.25. The van der Waals surface area contributed by atoms with E-state index in [-0.39, 0.29) is 0 Å². The minimum absolute atomic E-state index is 1.16. The fourth-order valence-electron chi connectivity index (χ4n) is 1.71. The van der Waals surface area contributed by atoms with Gasteiger partial charge < -0.3 is 4.90 Å². The number of hydrogen-bond acceptors (Lipinski definition) is 1. The van der Waals surface area contributed by atoms with E-state index >= 15 is 0 Å². The van der Waals surface area contributed by atoms with Gasteiger partial charge in [-0.1, -0.05) is 12.7 Å². The first-order valence-electron chi connectivity index (χ1n) is 4.13. The molecule has 0 spiro atoms. The summed E-state index contributed by atoms with van der Waals surface area (Å²) in [6, 6.07) is 0. The number of nitrogens with zero attached hydrogens (tertiary/aromatic N) is 1. The Morgan fingerprint density at radius 3 is 3.09 bits per heavy atom. The van der Waals surface area contributed by atoms with Crippen molar-refractivity contribution in [2.75, 3.05) is 6.54 Å². The van der Waals surface area contributed by atoms with E-state index in [4.69, 9.17) is 0 Å². The van der Waals surface area contributed by atoms with Gasteiger partial charge in [0.25, 0.3) is 0 Å². The summed E-state index contributed by atoms with van der Waals surface area (Å²) in [5, 5.41) is 0. The van der Waals surface area contributed by atoms with E-state index in [9.17, 15) is 0 Å². The van der Waals surface area contributed by atoms with Crippen molar-refractivity contribution in [1.82, 2.24) is 4.90 Å². The van der Waals surface area contributed by atoms with Crippen LogP contribution < -0.4 is 0 Å². The van der Waals surface area contributed by atoms with Crippen LogP contribution in [0.15, 0.2) is 35.7 Å². The van der Waals surface area contributed by atoms with Crippen LogP contribution in [0.1, 0.15) is 19.8 Å². The van der Waals surface area contributed by atoms with E-state index in [1.165, 1.54) is 29.8 Å². The van der Waals surface area contributed by atoms with Crippen LogP contribution in [0, 0.1) is 0 Å². The molecule has 0 bridgehead atoms. The summed E-state index contributed by atoms with van der Waals surface area (Å²) in [6.45, 7) is 7.34. The van der Waals surface area contributed by atoms with E-state index in [0.29, 0.717) is 0 Å². The molecule has 0 amide bonds. The van der Waals surface area contributed by atoms with Crippen molar-refractivity contribution in [2.45, 2.75) is 19.8 Å². The monoisotopic (exact) mass is 147 g/mol. The van der Waals surface area contributed by atoms with Gasteiger partial charge in [-0.3, -0.25) is 0 Å². The zero-order valence-corrected chi connectivity index (χ0v) is 6.93. The molecule has 1 heteroatoms. The van der Waals surface area contributed by atoms with Crippen LogP contribution >= 0.6 is 0 Å². The van der Waals surface area contributed by atoms with Crippen molar-refractivity contribution in [3.05, 3.63) is 35.7 Å². The second-order valence-corrected chi connectivity index (χ2v) is 3.21. The average Bonchev–Trinajstić information content (AvgIpc) is 2.45. The van der Waals surface area contributed by atoms with E-state index in [0.717, 1.165) is 6.54 Å². The van der Waals surface area contributed by atoms with Gasteiger partial charge in [0, 0.05) is 17.9 Å². The Balaban J connectivity index is 2.36. The minimum atomic E-state index is 1.16. The Hall–Kier alpha value is -0.980. The molecule has 0 aromatic rings. The van der Waals surface area contributed by atoms with Crippen molar-refractivity contribution in [2.24, 2.45) is 0 Å². The van der Waals surface area contributed by atoms with Crippen LogP contribution in [0.2, 0.25) is 0 Å². The molecule has 0 aromatic heterocycles. The maximum absolute atomic E-state index is 4.05. The Morgan fingerprint density at radius 1 is 1.45 bits per heavy atom. The van der Waals surface area contributed by atoms with Gasteiger partial charge in [0.15, 0.2) is 0 Å². The van der Waals surface area contributed by atoms with E-state index in [2.05, 4.69) is 30.6 Å². The summed E-state index contributed by atoms with van der Waals surface area (Å²) in [5.74, 6) is 0. The molecular weight excluding hydrogens is 134 g/mol. The van der Waals surface area contributed by atoms with Crippen molar-refractivity contribution in [3.8, 4) is 0 Å². The molecule has 0 N–H and O–H groups in total. The highest BCUT2D eigenvalue weighted by Gasteiger charge is 2.21. The Labute approximate surface area is 67.7 Å². The zero-order chi connectivity index (χ0) is 7.84. The van der Waals surface area contributed by atoms with Gasteiger partial charge in [0.05, 0.1) is 0 Å². The second-order valence-electron chi connectivity index (χ2n) is 3.21. The normalized spacial score (nSPS) is 23.0. The fraction of sp³-hybridized carbons (Fsp3) is 0.400. The molecule has 2 heterocycles. The van der Waals surface area contributed by atoms with Crippen molar-refractivity contribution in [3.63, 3.8) is 0 Å². The molecule has 2 aliphatic heterocycles. The van der Waals surface area contributed by atoms with Crippen LogP contribution in [0.4, 0.5) is 0 Å². The Kier molecular flexibility index (Phi) is 1.38. The molecule has 0 saturated carbocycles. The first-order chi connectivity index (χ1) is 5.29. The number of rotatable bonds is 0. The standard InChI is InChI=1S/C10H13N/c1-8-5-6-10-4-3-7-11(10)9(8)2/h5-6H,2-4,7H2,1H3. The summed E-state index contributed by atoms with van der Waals surface area (Å²) in [5.41, 5.74) is 3.94. The largest absolute Gasteiger partial charge is 0.345 e. The van der Waals surface area contributed by atoms with E-state index in [1.807, 2.05) is 0 Å². The Bertz CT molecular complexity index is 258. The van der Waals surface area contributed by atoms with Gasteiger partial charge >= 0.3 is 0 Å². The minimum Gasteiger partial charge on any atom is -0.345 e. The maximum atomic E-state index is 4.05. The SMILES string of the molecule is C=C1C(C)=CC=C2CCCN12. The van der Waals surface area contributed by atoms with Gasteiger partial charge in [-0.05, 0) is 31.4 Å². The molecule has 0 aromatic carbocycles. The average molecular weight is 147 g/mol. The molecule has 1 fully saturated rings. The van der Waals surface area contributed by atoms with Crippen LogP contribution in [-0.4, -0.2) is 11.4 Å². The molecule has 58 valence electrons. The molecule has 0 atom stereocenters. The first-order valence-corrected chi connectivity index (χ1v) is 4.13. The van der Waals surface area contributed by atoms with Gasteiger partial charge in [-0.15, -0.1) is 0 Å². The molecule has 2 rings (SSSR count). The highest BCUT2D eigenvalue weighted by Crippen LogP contribution is 2.31. The van der Waals surface area contributed by atoms with Crippen LogP contribution in [0.3, 0.4) is 0 Å². The molecule has 0 aliphatic carbocycles. The van der Waals surface area contributed by atoms with Crippen molar-refractivity contribution >= 4 is 0 Å². The molecule has 0 radical (unpaired) electrons. The van der Waals surface area contributed by atoms with Gasteiger partial charge in [0.1, 0.15) is 0 Å². The van der Waals surface area contributed by atoms with Crippen molar-refractivity contribution < 1.29 is 0 Å². The number of fused-ring (bicyclic) bond motifs is 1. The molecule has 1 saturated heterocycles. The second kappa shape index (κ2) is 2.26. The molecule has 11 heavy (non-hydrogen) atoms. The smallest absolute Gasteiger partial charge is 0.0364 e. The molecule has 1 nitrogen and oxygen atoms in total. The quantitative estimate of drug-likeness (QED) is 0.508. The molecule has 0 unspecified atom stereocenters. The van der Waals surface area contributed by atoms with E-state index < -0.39 is 0 Å². The summed E-state index contributed by atoms with van der Waals surface area (Å²) in [6.07, 6.45) is 6.89. The highest BCUT2D eigenvalue weighted by molar-refractivity contribution is 5.38. The first kappa shape index (κ1) is 6.71.